The van der Waals surface area contributed by atoms with Crippen molar-refractivity contribution in [3.63, 3.8) is 0 Å². The third kappa shape index (κ3) is 4.07. The lowest BCUT2D eigenvalue weighted by atomic mass is 10.0. The standard InChI is InChI=1S/C19H20N4O2S2/c24-27(25,17-9-4-10-20-13-17)23-11-5-8-16(14-23)19-22-21-18(26-19)12-15-6-2-1-3-7-15/h1-4,6-7,9-10,13,16H,5,8,11-12,14H2/t16-/m1/s1. The van der Waals surface area contributed by atoms with Crippen LogP contribution in [0.15, 0.2) is 59.8 Å². The quantitative estimate of drug-likeness (QED) is 0.658. The summed E-state index contributed by atoms with van der Waals surface area (Å²) in [5.41, 5.74) is 1.20. The predicted molar refractivity (Wildman–Crippen MR) is 104 cm³/mol. The van der Waals surface area contributed by atoms with Crippen molar-refractivity contribution in [2.75, 3.05) is 13.1 Å². The Bertz CT molecular complexity index is 991. The Labute approximate surface area is 163 Å². The number of nitrogens with zero attached hydrogens (tertiary/aromatic N) is 4. The average Bonchev–Trinajstić information content (AvgIpc) is 3.18. The molecule has 0 radical (unpaired) electrons. The Balaban J connectivity index is 1.49. The van der Waals surface area contributed by atoms with Crippen LogP contribution in [0.4, 0.5) is 0 Å². The summed E-state index contributed by atoms with van der Waals surface area (Å²) in [5, 5.41) is 10.6. The van der Waals surface area contributed by atoms with Crippen LogP contribution in [0.5, 0.6) is 0 Å². The SMILES string of the molecule is O=S(=O)(c1cccnc1)N1CCC[C@@H](c2nnc(Cc3ccccc3)s2)C1. The Morgan fingerprint density at radius 1 is 1.11 bits per heavy atom. The topological polar surface area (TPSA) is 76.1 Å². The van der Waals surface area contributed by atoms with Crippen LogP contribution in [0.1, 0.15) is 34.3 Å². The van der Waals surface area contributed by atoms with Crippen LogP contribution < -0.4 is 0 Å². The first-order valence-corrected chi connectivity index (χ1v) is 11.1. The Morgan fingerprint density at radius 2 is 1.96 bits per heavy atom. The van der Waals surface area contributed by atoms with Gasteiger partial charge in [-0.15, -0.1) is 21.5 Å². The highest BCUT2D eigenvalue weighted by molar-refractivity contribution is 7.89. The normalized spacial score (nSPS) is 18.4. The summed E-state index contributed by atoms with van der Waals surface area (Å²) >= 11 is 1.59. The van der Waals surface area contributed by atoms with Gasteiger partial charge in [0, 0.05) is 37.8 Å². The fraction of sp³-hybridized carbons (Fsp3) is 0.316. The number of piperidine rings is 1. The maximum absolute atomic E-state index is 12.9. The van der Waals surface area contributed by atoms with E-state index in [0.717, 1.165) is 29.3 Å². The molecule has 0 unspecified atom stereocenters. The maximum Gasteiger partial charge on any atom is 0.244 e. The highest BCUT2D eigenvalue weighted by Crippen LogP contribution is 2.32. The summed E-state index contributed by atoms with van der Waals surface area (Å²) in [4.78, 5) is 4.18. The van der Waals surface area contributed by atoms with E-state index in [1.807, 2.05) is 18.2 Å². The molecule has 6 nitrogen and oxygen atoms in total. The molecule has 1 saturated heterocycles. The molecule has 1 aromatic carbocycles. The second-order valence-corrected chi connectivity index (χ2v) is 9.62. The van der Waals surface area contributed by atoms with E-state index >= 15 is 0 Å². The van der Waals surface area contributed by atoms with Crippen LogP contribution in [0.3, 0.4) is 0 Å². The predicted octanol–water partition coefficient (Wildman–Crippen LogP) is 3.09. The summed E-state index contributed by atoms with van der Waals surface area (Å²) in [6, 6.07) is 13.4. The van der Waals surface area contributed by atoms with Gasteiger partial charge in [-0.25, -0.2) is 8.42 Å². The number of hydrogen-bond donors (Lipinski definition) is 0. The van der Waals surface area contributed by atoms with E-state index in [9.17, 15) is 8.42 Å². The molecule has 3 heterocycles. The van der Waals surface area contributed by atoms with Gasteiger partial charge in [-0.2, -0.15) is 4.31 Å². The van der Waals surface area contributed by atoms with Gasteiger partial charge in [-0.1, -0.05) is 30.3 Å². The van der Waals surface area contributed by atoms with Crippen LogP contribution >= 0.6 is 11.3 Å². The third-order valence-electron chi connectivity index (χ3n) is 4.69. The first kappa shape index (κ1) is 18.2. The fourth-order valence-corrected chi connectivity index (χ4v) is 5.78. The lowest BCUT2D eigenvalue weighted by Gasteiger charge is -2.30. The first-order valence-electron chi connectivity index (χ1n) is 8.89. The molecule has 1 fully saturated rings. The van der Waals surface area contributed by atoms with E-state index in [2.05, 4.69) is 27.3 Å². The van der Waals surface area contributed by atoms with Crippen molar-refractivity contribution in [2.45, 2.75) is 30.1 Å². The number of rotatable bonds is 5. The zero-order chi connectivity index (χ0) is 18.7. The van der Waals surface area contributed by atoms with Gasteiger partial charge in [0.1, 0.15) is 14.9 Å². The summed E-state index contributed by atoms with van der Waals surface area (Å²) in [6.07, 6.45) is 5.48. The molecule has 0 saturated carbocycles. The van der Waals surface area contributed by atoms with Gasteiger partial charge < -0.3 is 0 Å². The van der Waals surface area contributed by atoms with E-state index in [1.54, 1.807) is 34.0 Å². The summed E-state index contributed by atoms with van der Waals surface area (Å²) in [5.74, 6) is 0.0900. The number of aromatic nitrogens is 3. The van der Waals surface area contributed by atoms with Gasteiger partial charge in [-0.3, -0.25) is 4.98 Å². The molecule has 3 aromatic rings. The van der Waals surface area contributed by atoms with E-state index in [1.165, 1.54) is 11.8 Å². The molecule has 1 aliphatic rings. The highest BCUT2D eigenvalue weighted by Gasteiger charge is 2.32. The van der Waals surface area contributed by atoms with Crippen molar-refractivity contribution >= 4 is 21.4 Å². The van der Waals surface area contributed by atoms with E-state index in [-0.39, 0.29) is 10.8 Å². The molecule has 140 valence electrons. The molecule has 8 heteroatoms. The second-order valence-electron chi connectivity index (χ2n) is 6.59. The van der Waals surface area contributed by atoms with Gasteiger partial charge in [-0.05, 0) is 30.5 Å². The minimum absolute atomic E-state index is 0.0900. The van der Waals surface area contributed by atoms with Gasteiger partial charge in [0.15, 0.2) is 0 Å². The number of sulfonamides is 1. The molecule has 0 bridgehead atoms. The number of hydrogen-bond acceptors (Lipinski definition) is 6. The lowest BCUT2D eigenvalue weighted by Crippen LogP contribution is -2.39. The Hall–Kier alpha value is -2.16. The summed E-state index contributed by atoms with van der Waals surface area (Å²) in [6.45, 7) is 0.973. The number of pyridine rings is 1. The van der Waals surface area contributed by atoms with Crippen LogP contribution in [-0.2, 0) is 16.4 Å². The van der Waals surface area contributed by atoms with E-state index < -0.39 is 10.0 Å². The third-order valence-corrected chi connectivity index (χ3v) is 7.62. The molecule has 0 spiro atoms. The van der Waals surface area contributed by atoms with Crippen LogP contribution in [0.2, 0.25) is 0 Å². The van der Waals surface area contributed by atoms with Gasteiger partial charge >= 0.3 is 0 Å². The molecular weight excluding hydrogens is 380 g/mol. The van der Waals surface area contributed by atoms with Crippen molar-refractivity contribution in [1.82, 2.24) is 19.5 Å². The monoisotopic (exact) mass is 400 g/mol. The first-order chi connectivity index (χ1) is 13.1. The molecular formula is C19H20N4O2S2. The van der Waals surface area contributed by atoms with Crippen LogP contribution in [-0.4, -0.2) is 41.0 Å². The number of benzene rings is 1. The van der Waals surface area contributed by atoms with Gasteiger partial charge in [0.25, 0.3) is 0 Å². The van der Waals surface area contributed by atoms with Crippen molar-refractivity contribution in [1.29, 1.82) is 0 Å². The highest BCUT2D eigenvalue weighted by atomic mass is 32.2. The smallest absolute Gasteiger partial charge is 0.244 e. The molecule has 2 aromatic heterocycles. The molecule has 4 rings (SSSR count). The van der Waals surface area contributed by atoms with Gasteiger partial charge in [0.05, 0.1) is 0 Å². The molecule has 0 aliphatic carbocycles. The minimum Gasteiger partial charge on any atom is -0.263 e. The van der Waals surface area contributed by atoms with E-state index in [0.29, 0.717) is 13.1 Å². The summed E-state index contributed by atoms with van der Waals surface area (Å²) < 4.78 is 27.3. The Morgan fingerprint density at radius 3 is 2.74 bits per heavy atom. The molecule has 1 atom stereocenters. The average molecular weight is 401 g/mol. The van der Waals surface area contributed by atoms with Crippen molar-refractivity contribution < 1.29 is 8.42 Å². The minimum atomic E-state index is -3.52. The van der Waals surface area contributed by atoms with Crippen molar-refractivity contribution in [3.05, 3.63) is 70.4 Å². The maximum atomic E-state index is 12.9. The van der Waals surface area contributed by atoms with Crippen molar-refractivity contribution in [2.24, 2.45) is 0 Å². The van der Waals surface area contributed by atoms with Crippen LogP contribution in [0.25, 0.3) is 0 Å². The van der Waals surface area contributed by atoms with Crippen molar-refractivity contribution in [3.8, 4) is 0 Å². The van der Waals surface area contributed by atoms with Crippen LogP contribution in [0, 0.1) is 0 Å². The second kappa shape index (κ2) is 7.84. The Kier molecular flexibility index (Phi) is 5.29. The lowest BCUT2D eigenvalue weighted by molar-refractivity contribution is 0.314. The van der Waals surface area contributed by atoms with E-state index in [4.69, 9.17) is 0 Å². The molecule has 27 heavy (non-hydrogen) atoms. The summed E-state index contributed by atoms with van der Waals surface area (Å²) in [7, 11) is -3.52. The molecule has 0 amide bonds. The fourth-order valence-electron chi connectivity index (χ4n) is 3.28. The zero-order valence-electron chi connectivity index (χ0n) is 14.7. The zero-order valence-corrected chi connectivity index (χ0v) is 16.4. The largest absolute Gasteiger partial charge is 0.263 e. The molecule has 0 N–H and O–H groups in total. The molecule has 1 aliphatic heterocycles. The van der Waals surface area contributed by atoms with Gasteiger partial charge in [0.2, 0.25) is 10.0 Å².